The van der Waals surface area contributed by atoms with E-state index in [4.69, 9.17) is 5.73 Å². The topological polar surface area (TPSA) is 46.2 Å². The number of hydrogen-bond donors (Lipinski definition) is 2. The van der Waals surface area contributed by atoms with E-state index < -0.39 is 6.10 Å². The Morgan fingerprint density at radius 1 is 0.773 bits per heavy atom. The highest BCUT2D eigenvalue weighted by atomic mass is 16.3. The lowest BCUT2D eigenvalue weighted by atomic mass is 9.97. The van der Waals surface area contributed by atoms with Crippen molar-refractivity contribution in [3.8, 4) is 11.1 Å². The van der Waals surface area contributed by atoms with Gasteiger partial charge < -0.3 is 10.8 Å². The zero-order valence-electron chi connectivity index (χ0n) is 12.5. The second-order valence-corrected chi connectivity index (χ2v) is 5.51. The second-order valence-electron chi connectivity index (χ2n) is 5.51. The maximum atomic E-state index is 10.5. The highest BCUT2D eigenvalue weighted by molar-refractivity contribution is 5.63. The molecule has 0 aromatic heterocycles. The number of rotatable bonds is 3. The molecule has 0 aliphatic heterocycles. The molecule has 0 fully saturated rings. The Hall–Kier alpha value is -2.58. The quantitative estimate of drug-likeness (QED) is 0.705. The van der Waals surface area contributed by atoms with Crippen LogP contribution in [0, 0.1) is 6.92 Å². The SMILES string of the molecule is Cc1ccc(C(O)c2ccc(-c3ccccc3)cc2)cc1N. The minimum Gasteiger partial charge on any atom is -0.399 e. The first-order chi connectivity index (χ1) is 10.6. The van der Waals surface area contributed by atoms with E-state index in [0.29, 0.717) is 5.69 Å². The summed E-state index contributed by atoms with van der Waals surface area (Å²) in [5.74, 6) is 0. The summed E-state index contributed by atoms with van der Waals surface area (Å²) >= 11 is 0. The van der Waals surface area contributed by atoms with Crippen LogP contribution in [0.1, 0.15) is 22.8 Å². The van der Waals surface area contributed by atoms with Gasteiger partial charge in [0.25, 0.3) is 0 Å². The fourth-order valence-corrected chi connectivity index (χ4v) is 2.51. The van der Waals surface area contributed by atoms with Gasteiger partial charge in [0.15, 0.2) is 0 Å². The van der Waals surface area contributed by atoms with Gasteiger partial charge in [-0.05, 0) is 40.8 Å². The molecule has 3 aromatic carbocycles. The maximum Gasteiger partial charge on any atom is 0.104 e. The van der Waals surface area contributed by atoms with Crippen LogP contribution < -0.4 is 5.73 Å². The van der Waals surface area contributed by atoms with Gasteiger partial charge in [-0.3, -0.25) is 0 Å². The van der Waals surface area contributed by atoms with Gasteiger partial charge in [-0.25, -0.2) is 0 Å². The maximum absolute atomic E-state index is 10.5. The molecule has 2 heteroatoms. The highest BCUT2D eigenvalue weighted by Crippen LogP contribution is 2.27. The smallest absolute Gasteiger partial charge is 0.104 e. The highest BCUT2D eigenvalue weighted by Gasteiger charge is 2.11. The Morgan fingerprint density at radius 2 is 1.36 bits per heavy atom. The summed E-state index contributed by atoms with van der Waals surface area (Å²) in [6, 6.07) is 23.9. The lowest BCUT2D eigenvalue weighted by Gasteiger charge is -2.14. The largest absolute Gasteiger partial charge is 0.399 e. The normalized spacial score (nSPS) is 12.1. The fraction of sp³-hybridized carbons (Fsp3) is 0.100. The van der Waals surface area contributed by atoms with E-state index in [2.05, 4.69) is 12.1 Å². The number of aliphatic hydroxyl groups is 1. The molecule has 1 unspecified atom stereocenters. The summed E-state index contributed by atoms with van der Waals surface area (Å²) in [5, 5.41) is 10.5. The van der Waals surface area contributed by atoms with Crippen molar-refractivity contribution in [1.29, 1.82) is 0 Å². The molecule has 0 radical (unpaired) electrons. The molecule has 3 N–H and O–H groups in total. The summed E-state index contributed by atoms with van der Waals surface area (Å²) in [5.41, 5.74) is 11.6. The molecule has 0 spiro atoms. The molecular weight excluding hydrogens is 270 g/mol. The van der Waals surface area contributed by atoms with Gasteiger partial charge in [0.1, 0.15) is 6.10 Å². The van der Waals surface area contributed by atoms with Gasteiger partial charge in [0.05, 0.1) is 0 Å². The Balaban J connectivity index is 1.87. The minimum atomic E-state index is -0.660. The average molecular weight is 289 g/mol. The number of aliphatic hydroxyl groups excluding tert-OH is 1. The lowest BCUT2D eigenvalue weighted by Crippen LogP contribution is -2.01. The van der Waals surface area contributed by atoms with E-state index >= 15 is 0 Å². The summed E-state index contributed by atoms with van der Waals surface area (Å²) < 4.78 is 0. The van der Waals surface area contributed by atoms with Crippen molar-refractivity contribution in [3.63, 3.8) is 0 Å². The molecule has 0 saturated carbocycles. The average Bonchev–Trinajstić information content (AvgIpc) is 2.58. The van der Waals surface area contributed by atoms with E-state index in [1.54, 1.807) is 0 Å². The Labute approximate surface area is 130 Å². The molecule has 2 nitrogen and oxygen atoms in total. The van der Waals surface area contributed by atoms with Crippen LogP contribution in [0.25, 0.3) is 11.1 Å². The Bertz CT molecular complexity index is 763. The van der Waals surface area contributed by atoms with Crippen LogP contribution in [0.2, 0.25) is 0 Å². The molecule has 0 aliphatic carbocycles. The van der Waals surface area contributed by atoms with Gasteiger partial charge in [0.2, 0.25) is 0 Å². The molecule has 0 heterocycles. The molecule has 3 aromatic rings. The summed E-state index contributed by atoms with van der Waals surface area (Å²) in [7, 11) is 0. The second kappa shape index (κ2) is 6.04. The molecule has 0 aliphatic rings. The molecular formula is C20H19NO. The van der Waals surface area contributed by atoms with Crippen molar-refractivity contribution in [2.24, 2.45) is 0 Å². The third-order valence-corrected chi connectivity index (χ3v) is 3.95. The molecule has 1 atom stereocenters. The number of anilines is 1. The first-order valence-electron chi connectivity index (χ1n) is 7.34. The fourth-order valence-electron chi connectivity index (χ4n) is 2.51. The van der Waals surface area contributed by atoms with Gasteiger partial charge in [-0.15, -0.1) is 0 Å². The third kappa shape index (κ3) is 2.87. The molecule has 0 amide bonds. The van der Waals surface area contributed by atoms with E-state index in [1.165, 1.54) is 5.56 Å². The van der Waals surface area contributed by atoms with E-state index in [1.807, 2.05) is 67.6 Å². The third-order valence-electron chi connectivity index (χ3n) is 3.95. The zero-order valence-corrected chi connectivity index (χ0v) is 12.5. The Morgan fingerprint density at radius 3 is 2.00 bits per heavy atom. The first kappa shape index (κ1) is 14.4. The van der Waals surface area contributed by atoms with Crippen LogP contribution >= 0.6 is 0 Å². The number of nitrogen functional groups attached to an aromatic ring is 1. The number of nitrogens with two attached hydrogens (primary N) is 1. The molecule has 0 saturated heterocycles. The molecule has 0 bridgehead atoms. The van der Waals surface area contributed by atoms with Crippen molar-refractivity contribution >= 4 is 5.69 Å². The van der Waals surface area contributed by atoms with Gasteiger partial charge in [0, 0.05) is 5.69 Å². The van der Waals surface area contributed by atoms with Crippen LogP contribution in [0.4, 0.5) is 5.69 Å². The van der Waals surface area contributed by atoms with Crippen molar-refractivity contribution in [2.75, 3.05) is 5.73 Å². The van der Waals surface area contributed by atoms with Crippen LogP contribution in [0.5, 0.6) is 0 Å². The van der Waals surface area contributed by atoms with E-state index in [9.17, 15) is 5.11 Å². The summed E-state index contributed by atoms with van der Waals surface area (Å²) in [6.07, 6.45) is -0.660. The zero-order chi connectivity index (χ0) is 15.5. The van der Waals surface area contributed by atoms with Crippen LogP contribution in [-0.4, -0.2) is 5.11 Å². The van der Waals surface area contributed by atoms with Gasteiger partial charge >= 0.3 is 0 Å². The lowest BCUT2D eigenvalue weighted by molar-refractivity contribution is 0.220. The van der Waals surface area contributed by atoms with Crippen LogP contribution in [0.15, 0.2) is 72.8 Å². The van der Waals surface area contributed by atoms with Crippen molar-refractivity contribution in [2.45, 2.75) is 13.0 Å². The van der Waals surface area contributed by atoms with Crippen molar-refractivity contribution in [1.82, 2.24) is 0 Å². The van der Waals surface area contributed by atoms with Gasteiger partial charge in [-0.1, -0.05) is 66.7 Å². The summed E-state index contributed by atoms with van der Waals surface area (Å²) in [6.45, 7) is 1.96. The van der Waals surface area contributed by atoms with Crippen LogP contribution in [0.3, 0.4) is 0 Å². The number of aryl methyl sites for hydroxylation is 1. The van der Waals surface area contributed by atoms with Crippen molar-refractivity contribution in [3.05, 3.63) is 89.5 Å². The molecule has 3 rings (SSSR count). The number of hydrogen-bond acceptors (Lipinski definition) is 2. The number of benzene rings is 3. The molecule has 22 heavy (non-hydrogen) atoms. The predicted octanol–water partition coefficient (Wildman–Crippen LogP) is 4.33. The predicted molar refractivity (Wildman–Crippen MR) is 91.5 cm³/mol. The van der Waals surface area contributed by atoms with Crippen LogP contribution in [-0.2, 0) is 0 Å². The molecule has 110 valence electrons. The van der Waals surface area contributed by atoms with Gasteiger partial charge in [-0.2, -0.15) is 0 Å². The first-order valence-corrected chi connectivity index (χ1v) is 7.34. The summed E-state index contributed by atoms with van der Waals surface area (Å²) in [4.78, 5) is 0. The Kier molecular flexibility index (Phi) is 3.94. The van der Waals surface area contributed by atoms with E-state index in [0.717, 1.165) is 22.3 Å². The standard InChI is InChI=1S/C20H19NO/c1-14-7-8-18(13-19(14)21)20(22)17-11-9-16(10-12-17)15-5-3-2-4-6-15/h2-13,20,22H,21H2,1H3. The van der Waals surface area contributed by atoms with Crippen molar-refractivity contribution < 1.29 is 5.11 Å². The van der Waals surface area contributed by atoms with E-state index in [-0.39, 0.29) is 0 Å². The monoisotopic (exact) mass is 289 g/mol. The minimum absolute atomic E-state index is 0.660.